The van der Waals surface area contributed by atoms with Crippen LogP contribution in [0.2, 0.25) is 10.0 Å². The third-order valence-electron chi connectivity index (χ3n) is 4.50. The average Bonchev–Trinajstić information content (AvgIpc) is 2.62. The fraction of sp³-hybridized carbons (Fsp3) is 0.227. The van der Waals surface area contributed by atoms with Gasteiger partial charge < -0.3 is 0 Å². The van der Waals surface area contributed by atoms with Crippen LogP contribution in [0.25, 0.3) is 11.4 Å². The van der Waals surface area contributed by atoms with Gasteiger partial charge in [0.15, 0.2) is 5.78 Å². The molecule has 0 aliphatic rings. The van der Waals surface area contributed by atoms with Gasteiger partial charge in [-0.25, -0.2) is 4.39 Å². The number of Topliss-reactive ketones (excluding diaryl/α,β-unsaturated/α-hetero) is 1. The third-order valence-corrected chi connectivity index (χ3v) is 5.09. The van der Waals surface area contributed by atoms with Crippen LogP contribution in [0.15, 0.2) is 43.0 Å². The standard InChI is InChI=1S/C22H15Cl2F7O/c1-10(2)20-17(23)7-13(8-18(20)24)15(21(26,27)28)9-19(25)12-4-5-14(11(3)32)16(6-12)22(29,30)31/h4-9,15H,1H2,2-3H3/b19-9-. The highest BCUT2D eigenvalue weighted by atomic mass is 35.5. The molecule has 2 rings (SSSR count). The summed E-state index contributed by atoms with van der Waals surface area (Å²) in [6, 6.07) is 3.69. The molecule has 172 valence electrons. The number of hydrogen-bond donors (Lipinski definition) is 0. The largest absolute Gasteiger partial charge is 0.417 e. The number of rotatable bonds is 5. The number of carbonyl (C=O) groups is 1. The van der Waals surface area contributed by atoms with Crippen molar-refractivity contribution in [3.8, 4) is 0 Å². The van der Waals surface area contributed by atoms with Gasteiger partial charge in [-0.3, -0.25) is 4.79 Å². The van der Waals surface area contributed by atoms with E-state index in [2.05, 4.69) is 6.58 Å². The maximum atomic E-state index is 14.7. The molecule has 1 atom stereocenters. The van der Waals surface area contributed by atoms with Crippen LogP contribution in [-0.4, -0.2) is 12.0 Å². The van der Waals surface area contributed by atoms with Gasteiger partial charge in [0.2, 0.25) is 0 Å². The molecule has 1 nitrogen and oxygen atoms in total. The predicted octanol–water partition coefficient (Wildman–Crippen LogP) is 8.90. The number of ketones is 1. The van der Waals surface area contributed by atoms with Crippen LogP contribution in [0.4, 0.5) is 30.7 Å². The molecule has 0 aliphatic carbocycles. The van der Waals surface area contributed by atoms with E-state index < -0.39 is 52.1 Å². The highest BCUT2D eigenvalue weighted by Gasteiger charge is 2.41. The van der Waals surface area contributed by atoms with Crippen molar-refractivity contribution in [2.75, 3.05) is 0 Å². The lowest BCUT2D eigenvalue weighted by Gasteiger charge is -2.20. The maximum absolute atomic E-state index is 14.7. The van der Waals surface area contributed by atoms with E-state index >= 15 is 0 Å². The molecule has 0 fully saturated rings. The number of carbonyl (C=O) groups excluding carboxylic acids is 1. The summed E-state index contributed by atoms with van der Waals surface area (Å²) in [5, 5.41) is -0.290. The molecule has 0 bridgehead atoms. The molecule has 0 N–H and O–H groups in total. The zero-order chi connectivity index (χ0) is 24.6. The second-order valence-corrected chi connectivity index (χ2v) is 7.80. The second-order valence-electron chi connectivity index (χ2n) is 6.99. The minimum absolute atomic E-state index is 0.130. The van der Waals surface area contributed by atoms with E-state index in [9.17, 15) is 35.5 Å². The Morgan fingerprint density at radius 1 is 1.00 bits per heavy atom. The van der Waals surface area contributed by atoms with Crippen molar-refractivity contribution in [2.24, 2.45) is 0 Å². The van der Waals surface area contributed by atoms with Gasteiger partial charge in [0, 0.05) is 26.7 Å². The van der Waals surface area contributed by atoms with Crippen molar-refractivity contribution < 1.29 is 35.5 Å². The molecule has 1 unspecified atom stereocenters. The van der Waals surface area contributed by atoms with E-state index in [1.54, 1.807) is 0 Å². The van der Waals surface area contributed by atoms with Crippen LogP contribution >= 0.6 is 23.2 Å². The van der Waals surface area contributed by atoms with Crippen LogP contribution in [0.5, 0.6) is 0 Å². The number of benzene rings is 2. The molecule has 0 amide bonds. The molecule has 10 heteroatoms. The third kappa shape index (κ3) is 5.72. The topological polar surface area (TPSA) is 17.1 Å². The fourth-order valence-corrected chi connectivity index (χ4v) is 3.86. The molecule has 0 radical (unpaired) electrons. The van der Waals surface area contributed by atoms with Gasteiger partial charge in [-0.15, -0.1) is 0 Å². The van der Waals surface area contributed by atoms with E-state index in [0.717, 1.165) is 25.1 Å². The second kappa shape index (κ2) is 9.27. The number of halogens is 9. The van der Waals surface area contributed by atoms with Gasteiger partial charge in [-0.1, -0.05) is 41.9 Å². The molecule has 0 saturated carbocycles. The van der Waals surface area contributed by atoms with Gasteiger partial charge in [0.25, 0.3) is 0 Å². The lowest BCUT2D eigenvalue weighted by Crippen LogP contribution is -2.19. The number of hydrogen-bond acceptors (Lipinski definition) is 1. The Morgan fingerprint density at radius 3 is 1.94 bits per heavy atom. The number of alkyl halides is 6. The molecule has 0 saturated heterocycles. The SMILES string of the molecule is C=C(C)c1c(Cl)cc(C(/C=C(\F)c2ccc(C(C)=O)c(C(F)(F)F)c2)C(F)(F)F)cc1Cl. The molecule has 2 aromatic rings. The first-order valence-corrected chi connectivity index (χ1v) is 9.61. The Hall–Kier alpha value is -2.32. The summed E-state index contributed by atoms with van der Waals surface area (Å²) in [5.41, 5.74) is -2.85. The minimum Gasteiger partial charge on any atom is -0.294 e. The number of allylic oxidation sites excluding steroid dienone is 2. The molecule has 0 aliphatic heterocycles. The van der Waals surface area contributed by atoms with E-state index in [-0.39, 0.29) is 21.7 Å². The molecular weight excluding hydrogens is 484 g/mol. The van der Waals surface area contributed by atoms with E-state index in [1.807, 2.05) is 0 Å². The molecule has 0 spiro atoms. The van der Waals surface area contributed by atoms with Gasteiger partial charge in [0.05, 0.1) is 5.56 Å². The van der Waals surface area contributed by atoms with Crippen LogP contribution in [-0.2, 0) is 6.18 Å². The van der Waals surface area contributed by atoms with Crippen molar-refractivity contribution in [1.29, 1.82) is 0 Å². The Kier molecular flexibility index (Phi) is 7.52. The summed E-state index contributed by atoms with van der Waals surface area (Å²) in [5.74, 6) is -5.05. The van der Waals surface area contributed by atoms with Crippen molar-refractivity contribution in [1.82, 2.24) is 0 Å². The lowest BCUT2D eigenvalue weighted by atomic mass is 9.93. The van der Waals surface area contributed by atoms with E-state index in [0.29, 0.717) is 17.7 Å². The molecule has 2 aromatic carbocycles. The van der Waals surface area contributed by atoms with Crippen molar-refractivity contribution in [3.63, 3.8) is 0 Å². The minimum atomic E-state index is -5.01. The molecule has 0 aromatic heterocycles. The summed E-state index contributed by atoms with van der Waals surface area (Å²) >= 11 is 12.0. The molecule has 0 heterocycles. The Labute approximate surface area is 189 Å². The zero-order valence-corrected chi connectivity index (χ0v) is 18.1. The quantitative estimate of drug-likeness (QED) is 0.297. The normalized spacial score (nSPS) is 13.8. The van der Waals surface area contributed by atoms with Gasteiger partial charge in [0.1, 0.15) is 11.7 Å². The summed E-state index contributed by atoms with van der Waals surface area (Å²) < 4.78 is 95.6. The van der Waals surface area contributed by atoms with Gasteiger partial charge in [-0.05, 0) is 49.3 Å². The molecule has 32 heavy (non-hydrogen) atoms. The first kappa shape index (κ1) is 25.9. The monoisotopic (exact) mass is 498 g/mol. The first-order valence-electron chi connectivity index (χ1n) is 8.85. The van der Waals surface area contributed by atoms with Crippen molar-refractivity contribution >= 4 is 40.4 Å². The Morgan fingerprint density at radius 2 is 1.53 bits per heavy atom. The highest BCUT2D eigenvalue weighted by molar-refractivity contribution is 6.37. The van der Waals surface area contributed by atoms with Crippen LogP contribution < -0.4 is 0 Å². The highest BCUT2D eigenvalue weighted by Crippen LogP contribution is 2.42. The smallest absolute Gasteiger partial charge is 0.294 e. The fourth-order valence-electron chi connectivity index (χ4n) is 3.04. The van der Waals surface area contributed by atoms with E-state index in [1.165, 1.54) is 6.92 Å². The predicted molar refractivity (Wildman–Crippen MR) is 110 cm³/mol. The van der Waals surface area contributed by atoms with E-state index in [4.69, 9.17) is 23.2 Å². The van der Waals surface area contributed by atoms with Crippen molar-refractivity contribution in [2.45, 2.75) is 32.1 Å². The molecular formula is C22H15Cl2F7O. The summed E-state index contributed by atoms with van der Waals surface area (Å²) in [7, 11) is 0. The van der Waals surface area contributed by atoms with Crippen LogP contribution in [0, 0.1) is 0 Å². The summed E-state index contributed by atoms with van der Waals surface area (Å²) in [6.07, 6.45) is -9.90. The zero-order valence-electron chi connectivity index (χ0n) is 16.6. The lowest BCUT2D eigenvalue weighted by molar-refractivity contribution is -0.140. The van der Waals surface area contributed by atoms with Crippen LogP contribution in [0.1, 0.15) is 52.4 Å². The average molecular weight is 499 g/mol. The maximum Gasteiger partial charge on any atom is 0.417 e. The van der Waals surface area contributed by atoms with Crippen LogP contribution in [0.3, 0.4) is 0 Å². The Bertz CT molecular complexity index is 1080. The summed E-state index contributed by atoms with van der Waals surface area (Å²) in [4.78, 5) is 11.4. The van der Waals surface area contributed by atoms with Crippen molar-refractivity contribution in [3.05, 3.63) is 80.8 Å². The summed E-state index contributed by atoms with van der Waals surface area (Å²) in [6.45, 7) is 6.05. The van der Waals surface area contributed by atoms with Gasteiger partial charge >= 0.3 is 12.4 Å². The Balaban J connectivity index is 2.64. The van der Waals surface area contributed by atoms with Gasteiger partial charge in [-0.2, -0.15) is 26.3 Å². The first-order chi connectivity index (χ1) is 14.5.